The summed E-state index contributed by atoms with van der Waals surface area (Å²) in [5.74, 6) is 0.146. The fourth-order valence-electron chi connectivity index (χ4n) is 4.97. The van der Waals surface area contributed by atoms with Crippen LogP contribution < -0.4 is 10.6 Å². The number of halogens is 3. The molecule has 0 aliphatic heterocycles. The summed E-state index contributed by atoms with van der Waals surface area (Å²) in [6.45, 7) is 7.99. The number of hydrogen-bond donors (Lipinski definition) is 2. The minimum atomic E-state index is -4.48. The lowest BCUT2D eigenvalue weighted by atomic mass is 9.80. The lowest BCUT2D eigenvalue weighted by Crippen LogP contribution is -2.52. The first-order valence-corrected chi connectivity index (χ1v) is 11.7. The van der Waals surface area contributed by atoms with Crippen molar-refractivity contribution in [1.82, 2.24) is 20.2 Å². The van der Waals surface area contributed by atoms with Crippen LogP contribution in [0.1, 0.15) is 45.6 Å². The zero-order valence-corrected chi connectivity index (χ0v) is 20.2. The summed E-state index contributed by atoms with van der Waals surface area (Å²) in [6.07, 6.45) is -0.438. The van der Waals surface area contributed by atoms with Crippen LogP contribution in [-0.4, -0.2) is 65.7 Å². The van der Waals surface area contributed by atoms with E-state index in [1.165, 1.54) is 12.4 Å². The molecule has 0 spiro atoms. The fraction of sp³-hybridized carbons (Fsp3) is 0.625. The van der Waals surface area contributed by atoms with Gasteiger partial charge in [-0.2, -0.15) is 13.2 Å². The van der Waals surface area contributed by atoms with Crippen molar-refractivity contribution in [2.24, 2.45) is 5.92 Å². The van der Waals surface area contributed by atoms with Gasteiger partial charge in [0.1, 0.15) is 12.1 Å². The number of fused-ring (bicyclic) bond motifs is 1. The van der Waals surface area contributed by atoms with Crippen LogP contribution in [0.15, 0.2) is 24.5 Å². The molecular weight excluding hydrogens is 447 g/mol. The summed E-state index contributed by atoms with van der Waals surface area (Å²) in [4.78, 5) is 23.3. The van der Waals surface area contributed by atoms with Crippen LogP contribution in [0.3, 0.4) is 0 Å². The Morgan fingerprint density at radius 3 is 2.68 bits per heavy atom. The normalized spacial score (nSPS) is 21.3. The highest BCUT2D eigenvalue weighted by molar-refractivity contribution is 5.91. The van der Waals surface area contributed by atoms with E-state index in [4.69, 9.17) is 4.74 Å². The lowest BCUT2D eigenvalue weighted by molar-refractivity contribution is -0.137. The smallest absolute Gasteiger partial charge is 0.384 e. The van der Waals surface area contributed by atoms with Crippen LogP contribution in [0.2, 0.25) is 0 Å². The Morgan fingerprint density at radius 2 is 2.03 bits per heavy atom. The minimum absolute atomic E-state index is 0.0182. The number of anilines is 1. The summed E-state index contributed by atoms with van der Waals surface area (Å²) >= 11 is 0. The topological polar surface area (TPSA) is 79.4 Å². The van der Waals surface area contributed by atoms with E-state index in [1.54, 1.807) is 7.11 Å². The fourth-order valence-corrected chi connectivity index (χ4v) is 4.97. The van der Waals surface area contributed by atoms with Crippen molar-refractivity contribution in [3.05, 3.63) is 30.1 Å². The lowest BCUT2D eigenvalue weighted by Gasteiger charge is -2.42. The molecule has 188 valence electrons. The number of carbonyl (C=O) groups excluding carboxylic acids is 1. The van der Waals surface area contributed by atoms with E-state index >= 15 is 0 Å². The molecule has 0 bridgehead atoms. The SMILES string of the molecule is CCN(C(C)C)[C@@H]1CC[C@H](NC(=O)CNc2ncnc3ccc(C(F)(F)F)cc23)[C@H](COC)C1. The van der Waals surface area contributed by atoms with Gasteiger partial charge in [-0.15, -0.1) is 0 Å². The van der Waals surface area contributed by atoms with Gasteiger partial charge >= 0.3 is 6.18 Å². The van der Waals surface area contributed by atoms with E-state index < -0.39 is 11.7 Å². The van der Waals surface area contributed by atoms with Crippen molar-refractivity contribution in [2.75, 3.05) is 32.1 Å². The van der Waals surface area contributed by atoms with Gasteiger partial charge < -0.3 is 15.4 Å². The minimum Gasteiger partial charge on any atom is -0.384 e. The summed E-state index contributed by atoms with van der Waals surface area (Å²) in [5.41, 5.74) is -0.418. The number of amides is 1. The van der Waals surface area contributed by atoms with Crippen LogP contribution in [-0.2, 0) is 15.7 Å². The molecule has 1 heterocycles. The summed E-state index contributed by atoms with van der Waals surface area (Å²) < 4.78 is 44.8. The number of ether oxygens (including phenoxy) is 1. The van der Waals surface area contributed by atoms with Gasteiger partial charge in [0.25, 0.3) is 0 Å². The molecule has 0 saturated heterocycles. The van der Waals surface area contributed by atoms with Crippen molar-refractivity contribution < 1.29 is 22.7 Å². The number of aromatic nitrogens is 2. The average molecular weight is 482 g/mol. The highest BCUT2D eigenvalue weighted by Crippen LogP contribution is 2.33. The van der Waals surface area contributed by atoms with Crippen molar-refractivity contribution in [3.63, 3.8) is 0 Å². The summed E-state index contributed by atoms with van der Waals surface area (Å²) in [6, 6.07) is 4.17. The largest absolute Gasteiger partial charge is 0.416 e. The summed E-state index contributed by atoms with van der Waals surface area (Å²) in [5, 5.41) is 6.19. The third-order valence-corrected chi connectivity index (χ3v) is 6.56. The van der Waals surface area contributed by atoms with Crippen molar-refractivity contribution >= 4 is 22.6 Å². The quantitative estimate of drug-likeness (QED) is 0.562. The predicted octanol–water partition coefficient (Wildman–Crippen LogP) is 4.09. The monoisotopic (exact) mass is 481 g/mol. The second-order valence-corrected chi connectivity index (χ2v) is 9.09. The molecule has 1 fully saturated rings. The molecule has 0 radical (unpaired) electrons. The van der Waals surface area contributed by atoms with Gasteiger partial charge in [0.05, 0.1) is 24.2 Å². The van der Waals surface area contributed by atoms with Gasteiger partial charge in [-0.3, -0.25) is 9.69 Å². The first kappa shape index (κ1) is 26.2. The van der Waals surface area contributed by atoms with Gasteiger partial charge in [0.2, 0.25) is 5.91 Å². The van der Waals surface area contributed by atoms with E-state index in [-0.39, 0.29) is 35.6 Å². The van der Waals surface area contributed by atoms with Crippen LogP contribution in [0, 0.1) is 5.92 Å². The van der Waals surface area contributed by atoms with E-state index in [0.29, 0.717) is 24.2 Å². The van der Waals surface area contributed by atoms with Crippen LogP contribution in [0.5, 0.6) is 0 Å². The van der Waals surface area contributed by atoms with E-state index in [9.17, 15) is 18.0 Å². The Balaban J connectivity index is 1.65. The summed E-state index contributed by atoms with van der Waals surface area (Å²) in [7, 11) is 1.67. The second-order valence-electron chi connectivity index (χ2n) is 9.09. The first-order chi connectivity index (χ1) is 16.1. The maximum atomic E-state index is 13.1. The number of carbonyl (C=O) groups is 1. The van der Waals surface area contributed by atoms with E-state index in [1.807, 2.05) is 0 Å². The Morgan fingerprint density at radius 1 is 1.26 bits per heavy atom. The first-order valence-electron chi connectivity index (χ1n) is 11.7. The highest BCUT2D eigenvalue weighted by Gasteiger charge is 2.34. The van der Waals surface area contributed by atoms with Gasteiger partial charge in [0, 0.05) is 36.5 Å². The zero-order valence-electron chi connectivity index (χ0n) is 20.2. The van der Waals surface area contributed by atoms with E-state index in [2.05, 4.69) is 46.3 Å². The van der Waals surface area contributed by atoms with Gasteiger partial charge in [-0.25, -0.2) is 9.97 Å². The molecule has 2 aromatic rings. The van der Waals surface area contributed by atoms with Crippen molar-refractivity contribution in [3.8, 4) is 0 Å². The van der Waals surface area contributed by atoms with Crippen molar-refractivity contribution in [1.29, 1.82) is 0 Å². The number of methoxy groups -OCH3 is 1. The predicted molar refractivity (Wildman–Crippen MR) is 125 cm³/mol. The standard InChI is InChI=1S/C24H34F3N5O2/c1-5-32(15(2)3)18-7-9-20(16(10-18)13-34-4)31-22(33)12-28-23-19-11-17(24(25,26)27)6-8-21(19)29-14-30-23/h6,8,11,14-16,18,20H,5,7,9-10,12-13H2,1-4H3,(H,31,33)(H,28,29,30)/t16-,18+,20-/m0/s1. The second kappa shape index (κ2) is 11.3. The molecule has 1 saturated carbocycles. The molecule has 1 amide bonds. The number of nitrogens with one attached hydrogen (secondary N) is 2. The Hall–Kier alpha value is -2.46. The average Bonchev–Trinajstić information content (AvgIpc) is 2.78. The van der Waals surface area contributed by atoms with Gasteiger partial charge in [0.15, 0.2) is 0 Å². The zero-order chi connectivity index (χ0) is 24.9. The van der Waals surface area contributed by atoms with Crippen LogP contribution >= 0.6 is 0 Å². The third-order valence-electron chi connectivity index (χ3n) is 6.56. The maximum Gasteiger partial charge on any atom is 0.416 e. The van der Waals surface area contributed by atoms with Gasteiger partial charge in [-0.05, 0) is 57.9 Å². The van der Waals surface area contributed by atoms with E-state index in [0.717, 1.165) is 37.9 Å². The van der Waals surface area contributed by atoms with Gasteiger partial charge in [-0.1, -0.05) is 6.92 Å². The molecule has 3 atom stereocenters. The molecule has 2 N–H and O–H groups in total. The molecule has 1 aromatic heterocycles. The molecule has 1 aromatic carbocycles. The maximum absolute atomic E-state index is 13.1. The molecule has 34 heavy (non-hydrogen) atoms. The number of benzene rings is 1. The highest BCUT2D eigenvalue weighted by atomic mass is 19.4. The number of rotatable bonds is 9. The Labute approximate surface area is 198 Å². The number of hydrogen-bond acceptors (Lipinski definition) is 6. The molecular formula is C24H34F3N5O2. The molecule has 1 aliphatic carbocycles. The molecule has 10 heteroatoms. The molecule has 3 rings (SSSR count). The number of alkyl halides is 3. The Bertz CT molecular complexity index is 969. The Kier molecular flexibility index (Phi) is 8.70. The molecule has 0 unspecified atom stereocenters. The third kappa shape index (κ3) is 6.35. The van der Waals surface area contributed by atoms with Crippen LogP contribution in [0.4, 0.5) is 19.0 Å². The molecule has 7 nitrogen and oxygen atoms in total. The number of nitrogens with zero attached hydrogens (tertiary/aromatic N) is 3. The van der Waals surface area contributed by atoms with Crippen molar-refractivity contribution in [2.45, 2.75) is 64.3 Å². The van der Waals surface area contributed by atoms with Crippen LogP contribution in [0.25, 0.3) is 10.9 Å². The molecule has 1 aliphatic rings.